The van der Waals surface area contributed by atoms with E-state index in [9.17, 15) is 4.79 Å². The highest BCUT2D eigenvalue weighted by atomic mass is 16.1. The molecule has 0 saturated carbocycles. The molecule has 1 aromatic carbocycles. The quantitative estimate of drug-likeness (QED) is 0.715. The summed E-state index contributed by atoms with van der Waals surface area (Å²) in [5.41, 5.74) is 5.44. The number of allylic oxidation sites excluding steroid dienone is 1. The van der Waals surface area contributed by atoms with Crippen LogP contribution >= 0.6 is 0 Å². The van der Waals surface area contributed by atoms with Crippen molar-refractivity contribution in [3.05, 3.63) is 70.7 Å². The van der Waals surface area contributed by atoms with Crippen molar-refractivity contribution >= 4 is 17.8 Å². The summed E-state index contributed by atoms with van der Waals surface area (Å²) in [4.78, 5) is 16.7. The second kappa shape index (κ2) is 7.95. The van der Waals surface area contributed by atoms with Crippen LogP contribution < -0.4 is 10.6 Å². The van der Waals surface area contributed by atoms with Crippen molar-refractivity contribution in [1.29, 1.82) is 5.41 Å². The molecular formula is C21H24N4O. The van der Waals surface area contributed by atoms with Crippen molar-refractivity contribution in [2.75, 3.05) is 5.32 Å². The highest BCUT2D eigenvalue weighted by Gasteiger charge is 2.24. The smallest absolute Gasteiger partial charge is 0.270 e. The summed E-state index contributed by atoms with van der Waals surface area (Å²) in [5, 5.41) is 14.4. The first-order valence-corrected chi connectivity index (χ1v) is 8.88. The maximum Gasteiger partial charge on any atom is 0.270 e. The highest BCUT2D eigenvalue weighted by Crippen LogP contribution is 2.27. The normalized spacial score (nSPS) is 16.9. The second-order valence-electron chi connectivity index (χ2n) is 6.66. The monoisotopic (exact) mass is 348 g/mol. The van der Waals surface area contributed by atoms with Crippen molar-refractivity contribution in [2.24, 2.45) is 0 Å². The van der Waals surface area contributed by atoms with E-state index in [1.54, 1.807) is 12.3 Å². The highest BCUT2D eigenvalue weighted by molar-refractivity contribution is 5.94. The van der Waals surface area contributed by atoms with Crippen LogP contribution in [0.5, 0.6) is 0 Å². The molecule has 1 heterocycles. The Morgan fingerprint density at radius 2 is 2.04 bits per heavy atom. The standard InChI is InChI=1S/C21H24N4O/c1-14-10-11-20(23-13-14)21(26)25-19-9-5-8-18(16(19)12-22)24-17-7-4-3-6-15(17)2/h3-4,6-7,10-13,19,22,24H,5,8-9H2,1-2H3,(H,25,26). The van der Waals surface area contributed by atoms with Gasteiger partial charge in [-0.3, -0.25) is 9.78 Å². The zero-order chi connectivity index (χ0) is 18.5. The van der Waals surface area contributed by atoms with Gasteiger partial charge >= 0.3 is 0 Å². The van der Waals surface area contributed by atoms with Crippen molar-refractivity contribution in [1.82, 2.24) is 10.3 Å². The number of pyridine rings is 1. The molecule has 0 fully saturated rings. The fourth-order valence-corrected chi connectivity index (χ4v) is 3.18. The van der Waals surface area contributed by atoms with Gasteiger partial charge in [-0.1, -0.05) is 24.3 Å². The van der Waals surface area contributed by atoms with E-state index in [-0.39, 0.29) is 11.9 Å². The molecule has 3 rings (SSSR count). The average Bonchev–Trinajstić information content (AvgIpc) is 2.64. The molecule has 1 aromatic heterocycles. The number of nitrogens with zero attached hydrogens (tertiary/aromatic N) is 1. The Bertz CT molecular complexity index is 839. The zero-order valence-electron chi connectivity index (χ0n) is 15.2. The van der Waals surface area contributed by atoms with E-state index in [0.717, 1.165) is 47.3 Å². The molecule has 0 aliphatic heterocycles. The predicted octanol–water partition coefficient (Wildman–Crippen LogP) is 4.00. The lowest BCUT2D eigenvalue weighted by molar-refractivity contribution is 0.0935. The van der Waals surface area contributed by atoms with E-state index in [2.05, 4.69) is 28.6 Å². The molecule has 2 aromatic rings. The summed E-state index contributed by atoms with van der Waals surface area (Å²) in [5.74, 6) is -0.202. The van der Waals surface area contributed by atoms with Crippen LogP contribution in [0.1, 0.15) is 40.9 Å². The molecule has 0 radical (unpaired) electrons. The van der Waals surface area contributed by atoms with Crippen LogP contribution in [0.25, 0.3) is 0 Å². The summed E-state index contributed by atoms with van der Waals surface area (Å²) in [6, 6.07) is 11.5. The van der Waals surface area contributed by atoms with Crippen LogP contribution in [0.3, 0.4) is 0 Å². The van der Waals surface area contributed by atoms with E-state index >= 15 is 0 Å². The number of benzene rings is 1. The van der Waals surface area contributed by atoms with Gasteiger partial charge in [0.15, 0.2) is 0 Å². The van der Waals surface area contributed by atoms with Gasteiger partial charge in [-0.05, 0) is 56.4 Å². The molecule has 3 N–H and O–H groups in total. The molecule has 134 valence electrons. The number of aryl methyl sites for hydroxylation is 2. The Morgan fingerprint density at radius 1 is 1.23 bits per heavy atom. The number of carbonyl (C=O) groups excluding carboxylic acids is 1. The van der Waals surface area contributed by atoms with Gasteiger partial charge in [0.25, 0.3) is 5.91 Å². The number of amides is 1. The van der Waals surface area contributed by atoms with Gasteiger partial charge in [0.1, 0.15) is 5.69 Å². The number of hydrogen-bond acceptors (Lipinski definition) is 4. The van der Waals surface area contributed by atoms with Gasteiger partial charge in [0.05, 0.1) is 6.04 Å². The van der Waals surface area contributed by atoms with Gasteiger partial charge in [0, 0.05) is 29.4 Å². The fraction of sp³-hybridized carbons (Fsp3) is 0.286. The summed E-state index contributed by atoms with van der Waals surface area (Å²) >= 11 is 0. The number of para-hydroxylation sites is 1. The van der Waals surface area contributed by atoms with Crippen LogP contribution in [-0.2, 0) is 0 Å². The molecule has 26 heavy (non-hydrogen) atoms. The molecule has 0 spiro atoms. The van der Waals surface area contributed by atoms with Gasteiger partial charge in [-0.2, -0.15) is 0 Å². The lowest BCUT2D eigenvalue weighted by atomic mass is 9.91. The second-order valence-corrected chi connectivity index (χ2v) is 6.66. The average molecular weight is 348 g/mol. The minimum atomic E-state index is -0.202. The Hall–Kier alpha value is -2.95. The fourth-order valence-electron chi connectivity index (χ4n) is 3.18. The third-order valence-electron chi connectivity index (χ3n) is 4.68. The molecule has 5 nitrogen and oxygen atoms in total. The van der Waals surface area contributed by atoms with Crippen LogP contribution in [0.2, 0.25) is 0 Å². The number of rotatable bonds is 5. The van der Waals surface area contributed by atoms with Crippen LogP contribution in [0.15, 0.2) is 53.9 Å². The molecule has 0 saturated heterocycles. The lowest BCUT2D eigenvalue weighted by Gasteiger charge is -2.28. The largest absolute Gasteiger partial charge is 0.358 e. The topological polar surface area (TPSA) is 77.9 Å². The number of aromatic nitrogens is 1. The van der Waals surface area contributed by atoms with Gasteiger partial charge in [0.2, 0.25) is 0 Å². The van der Waals surface area contributed by atoms with Crippen molar-refractivity contribution in [3.63, 3.8) is 0 Å². The van der Waals surface area contributed by atoms with Gasteiger partial charge < -0.3 is 16.0 Å². The molecular weight excluding hydrogens is 324 g/mol. The summed E-state index contributed by atoms with van der Waals surface area (Å²) < 4.78 is 0. The first-order chi connectivity index (χ1) is 12.6. The first kappa shape index (κ1) is 17.9. The van der Waals surface area contributed by atoms with Gasteiger partial charge in [-0.25, -0.2) is 0 Å². The van der Waals surface area contributed by atoms with E-state index in [1.807, 2.05) is 31.2 Å². The molecule has 1 amide bonds. The summed E-state index contributed by atoms with van der Waals surface area (Å²) in [7, 11) is 0. The maximum absolute atomic E-state index is 12.5. The number of hydrogen-bond donors (Lipinski definition) is 3. The Kier molecular flexibility index (Phi) is 5.46. The number of nitrogens with one attached hydrogen (secondary N) is 3. The summed E-state index contributed by atoms with van der Waals surface area (Å²) in [6.07, 6.45) is 5.69. The van der Waals surface area contributed by atoms with E-state index in [0.29, 0.717) is 5.69 Å². The van der Waals surface area contributed by atoms with Gasteiger partial charge in [-0.15, -0.1) is 0 Å². The SMILES string of the molecule is Cc1ccc(C(=O)NC2CCCC(Nc3ccccc3C)=C2C=N)nc1. The third-order valence-corrected chi connectivity index (χ3v) is 4.68. The minimum absolute atomic E-state index is 0.177. The molecule has 1 aliphatic carbocycles. The van der Waals surface area contributed by atoms with Crippen LogP contribution in [0.4, 0.5) is 5.69 Å². The summed E-state index contributed by atoms with van der Waals surface area (Å²) in [6.45, 7) is 3.99. The van der Waals surface area contributed by atoms with Crippen molar-refractivity contribution in [3.8, 4) is 0 Å². The van der Waals surface area contributed by atoms with E-state index < -0.39 is 0 Å². The third kappa shape index (κ3) is 3.99. The van der Waals surface area contributed by atoms with Crippen molar-refractivity contribution in [2.45, 2.75) is 39.2 Å². The molecule has 0 bridgehead atoms. The maximum atomic E-state index is 12.5. The molecule has 5 heteroatoms. The Labute approximate surface area is 154 Å². The first-order valence-electron chi connectivity index (χ1n) is 8.88. The van der Waals surface area contributed by atoms with E-state index in [1.165, 1.54) is 6.21 Å². The molecule has 1 unspecified atom stereocenters. The Morgan fingerprint density at radius 3 is 2.73 bits per heavy atom. The minimum Gasteiger partial charge on any atom is -0.358 e. The van der Waals surface area contributed by atoms with Crippen LogP contribution in [-0.4, -0.2) is 23.1 Å². The molecule has 1 aliphatic rings. The number of anilines is 1. The van der Waals surface area contributed by atoms with Crippen molar-refractivity contribution < 1.29 is 4.79 Å². The van der Waals surface area contributed by atoms with Crippen LogP contribution in [0, 0.1) is 19.3 Å². The predicted molar refractivity (Wildman–Crippen MR) is 105 cm³/mol. The lowest BCUT2D eigenvalue weighted by Crippen LogP contribution is -2.39. The van der Waals surface area contributed by atoms with E-state index in [4.69, 9.17) is 5.41 Å². The number of carbonyl (C=O) groups is 1. The Balaban J connectivity index is 1.80. The molecule has 1 atom stereocenters. The zero-order valence-corrected chi connectivity index (χ0v) is 15.2.